The van der Waals surface area contributed by atoms with Crippen molar-refractivity contribution in [3.8, 4) is 5.75 Å². The Kier molecular flexibility index (Phi) is 3.62. The van der Waals surface area contributed by atoms with Crippen LogP contribution in [0.25, 0.3) is 11.0 Å². The molecule has 0 aliphatic heterocycles. The molecule has 0 aliphatic carbocycles. The third kappa shape index (κ3) is 2.69. The molecule has 0 atom stereocenters. The molecule has 2 aromatic carbocycles. The minimum Gasteiger partial charge on any atom is -0.497 e. The fourth-order valence-electron chi connectivity index (χ4n) is 2.09. The predicted octanol–water partition coefficient (Wildman–Crippen LogP) is 3.05. The topological polar surface area (TPSA) is 68.5 Å². The lowest BCUT2D eigenvalue weighted by Gasteiger charge is -2.06. The van der Waals surface area contributed by atoms with Crippen LogP contribution in [0.15, 0.2) is 63.8 Å². The van der Waals surface area contributed by atoms with Crippen LogP contribution in [0, 0.1) is 0 Å². The molecule has 0 fully saturated rings. The Morgan fingerprint density at radius 3 is 2.59 bits per heavy atom. The minimum absolute atomic E-state index is 0.0356. The van der Waals surface area contributed by atoms with E-state index >= 15 is 0 Å². The number of fused-ring (bicyclic) bond motifs is 1. The maximum Gasteiger partial charge on any atom is 0.291 e. The monoisotopic (exact) mass is 295 g/mol. The van der Waals surface area contributed by atoms with Gasteiger partial charge in [-0.05, 0) is 30.3 Å². The van der Waals surface area contributed by atoms with Crippen molar-refractivity contribution in [2.75, 3.05) is 12.4 Å². The van der Waals surface area contributed by atoms with E-state index in [0.29, 0.717) is 22.4 Å². The largest absolute Gasteiger partial charge is 0.497 e. The van der Waals surface area contributed by atoms with E-state index in [0.717, 1.165) is 0 Å². The molecule has 1 aromatic heterocycles. The summed E-state index contributed by atoms with van der Waals surface area (Å²) in [5.74, 6) is 0.0498. The average molecular weight is 295 g/mol. The third-order valence-corrected chi connectivity index (χ3v) is 3.19. The number of anilines is 1. The molecule has 5 nitrogen and oxygen atoms in total. The normalized spacial score (nSPS) is 10.4. The molecule has 3 rings (SSSR count). The molecule has 0 saturated heterocycles. The Morgan fingerprint density at radius 1 is 1.09 bits per heavy atom. The van der Waals surface area contributed by atoms with Gasteiger partial charge in [0.25, 0.3) is 5.91 Å². The maximum atomic E-state index is 12.2. The Hall–Kier alpha value is -3.08. The van der Waals surface area contributed by atoms with Gasteiger partial charge in [0.1, 0.15) is 11.3 Å². The molecule has 3 aromatic rings. The quantitative estimate of drug-likeness (QED) is 0.806. The van der Waals surface area contributed by atoms with E-state index in [-0.39, 0.29) is 11.2 Å². The summed E-state index contributed by atoms with van der Waals surface area (Å²) in [6, 6.07) is 15.0. The van der Waals surface area contributed by atoms with Crippen LogP contribution in [0.3, 0.4) is 0 Å². The first-order chi connectivity index (χ1) is 10.7. The van der Waals surface area contributed by atoms with E-state index in [1.807, 2.05) is 6.07 Å². The fourth-order valence-corrected chi connectivity index (χ4v) is 2.09. The van der Waals surface area contributed by atoms with E-state index in [9.17, 15) is 9.59 Å². The maximum absolute atomic E-state index is 12.2. The Bertz CT molecular complexity index is 884. The van der Waals surface area contributed by atoms with Crippen LogP contribution in [0.4, 0.5) is 5.69 Å². The number of hydrogen-bond acceptors (Lipinski definition) is 4. The molecule has 0 bridgehead atoms. The van der Waals surface area contributed by atoms with Gasteiger partial charge in [-0.2, -0.15) is 0 Å². The number of amides is 1. The summed E-state index contributed by atoms with van der Waals surface area (Å²) in [5.41, 5.74) is 0.676. The molecular weight excluding hydrogens is 282 g/mol. The lowest BCUT2D eigenvalue weighted by molar-refractivity contribution is 0.0997. The first-order valence-electron chi connectivity index (χ1n) is 6.65. The van der Waals surface area contributed by atoms with Gasteiger partial charge in [0.2, 0.25) is 0 Å². The van der Waals surface area contributed by atoms with Gasteiger partial charge in [-0.1, -0.05) is 18.2 Å². The summed E-state index contributed by atoms with van der Waals surface area (Å²) < 4.78 is 10.6. The summed E-state index contributed by atoms with van der Waals surface area (Å²) in [6.07, 6.45) is 0. The molecule has 0 spiro atoms. The lowest BCUT2D eigenvalue weighted by Crippen LogP contribution is -2.14. The third-order valence-electron chi connectivity index (χ3n) is 3.19. The van der Waals surface area contributed by atoms with Crippen LogP contribution in [0.5, 0.6) is 5.75 Å². The van der Waals surface area contributed by atoms with Crippen molar-refractivity contribution in [3.05, 3.63) is 70.6 Å². The second-order valence-corrected chi connectivity index (χ2v) is 4.66. The van der Waals surface area contributed by atoms with Crippen LogP contribution in [0.1, 0.15) is 10.6 Å². The summed E-state index contributed by atoms with van der Waals surface area (Å²) in [7, 11) is 1.52. The van der Waals surface area contributed by atoms with Crippen molar-refractivity contribution in [1.29, 1.82) is 0 Å². The van der Waals surface area contributed by atoms with Gasteiger partial charge >= 0.3 is 0 Å². The number of benzene rings is 2. The van der Waals surface area contributed by atoms with Crippen LogP contribution in [-0.2, 0) is 0 Å². The van der Waals surface area contributed by atoms with Gasteiger partial charge in [0.05, 0.1) is 12.5 Å². The number of para-hydroxylation sites is 1. The van der Waals surface area contributed by atoms with Gasteiger partial charge in [-0.25, -0.2) is 0 Å². The van der Waals surface area contributed by atoms with Crippen LogP contribution < -0.4 is 15.5 Å². The molecule has 0 radical (unpaired) electrons. The second-order valence-electron chi connectivity index (χ2n) is 4.66. The predicted molar refractivity (Wildman–Crippen MR) is 83.4 cm³/mol. The number of hydrogen-bond donors (Lipinski definition) is 1. The summed E-state index contributed by atoms with van der Waals surface area (Å²) >= 11 is 0. The standard InChI is InChI=1S/C17H13NO4/c1-21-12-7-8-15-13(9-12)14(19)10-16(22-15)17(20)18-11-5-3-2-4-6-11/h2-10H,1H3,(H,18,20). The average Bonchev–Trinajstić information content (AvgIpc) is 2.55. The summed E-state index contributed by atoms with van der Waals surface area (Å²) in [5, 5.41) is 3.05. The molecule has 0 saturated carbocycles. The highest BCUT2D eigenvalue weighted by atomic mass is 16.5. The van der Waals surface area contributed by atoms with Crippen LogP contribution in [0.2, 0.25) is 0 Å². The van der Waals surface area contributed by atoms with E-state index in [1.54, 1.807) is 42.5 Å². The van der Waals surface area contributed by atoms with Crippen molar-refractivity contribution in [2.24, 2.45) is 0 Å². The highest BCUT2D eigenvalue weighted by molar-refractivity contribution is 6.02. The smallest absolute Gasteiger partial charge is 0.291 e. The number of ether oxygens (including phenoxy) is 1. The molecule has 1 N–H and O–H groups in total. The lowest BCUT2D eigenvalue weighted by atomic mass is 10.2. The first-order valence-corrected chi connectivity index (χ1v) is 6.65. The van der Waals surface area contributed by atoms with Gasteiger partial charge in [0.15, 0.2) is 11.2 Å². The van der Waals surface area contributed by atoms with Gasteiger partial charge in [0, 0.05) is 11.8 Å². The van der Waals surface area contributed by atoms with Crippen molar-refractivity contribution < 1.29 is 13.9 Å². The van der Waals surface area contributed by atoms with Gasteiger partial charge in [-0.15, -0.1) is 0 Å². The molecule has 22 heavy (non-hydrogen) atoms. The highest BCUT2D eigenvalue weighted by Gasteiger charge is 2.13. The molecule has 0 aliphatic rings. The Balaban J connectivity index is 1.98. The number of methoxy groups -OCH3 is 1. The van der Waals surface area contributed by atoms with Gasteiger partial charge in [-0.3, -0.25) is 9.59 Å². The van der Waals surface area contributed by atoms with Crippen molar-refractivity contribution in [3.63, 3.8) is 0 Å². The SMILES string of the molecule is COc1ccc2oc(C(=O)Nc3ccccc3)cc(=O)c2c1. The first kappa shape index (κ1) is 13.9. The van der Waals surface area contributed by atoms with Crippen molar-refractivity contribution in [1.82, 2.24) is 0 Å². The second kappa shape index (κ2) is 5.73. The van der Waals surface area contributed by atoms with Gasteiger partial charge < -0.3 is 14.5 Å². The summed E-state index contributed by atoms with van der Waals surface area (Å²) in [6.45, 7) is 0. The van der Waals surface area contributed by atoms with E-state index < -0.39 is 5.91 Å². The summed E-state index contributed by atoms with van der Waals surface area (Å²) in [4.78, 5) is 24.3. The molecule has 5 heteroatoms. The Labute approximate surface area is 126 Å². The molecule has 0 unspecified atom stereocenters. The minimum atomic E-state index is -0.471. The number of carbonyl (C=O) groups excluding carboxylic acids is 1. The molecule has 1 heterocycles. The highest BCUT2D eigenvalue weighted by Crippen LogP contribution is 2.19. The van der Waals surface area contributed by atoms with E-state index in [1.165, 1.54) is 13.2 Å². The zero-order valence-corrected chi connectivity index (χ0v) is 11.8. The van der Waals surface area contributed by atoms with E-state index in [2.05, 4.69) is 5.32 Å². The zero-order valence-electron chi connectivity index (χ0n) is 11.8. The van der Waals surface area contributed by atoms with Crippen LogP contribution in [-0.4, -0.2) is 13.0 Å². The molecular formula is C17H13NO4. The molecule has 110 valence electrons. The zero-order chi connectivity index (χ0) is 15.5. The number of rotatable bonds is 3. The number of carbonyl (C=O) groups is 1. The van der Waals surface area contributed by atoms with Crippen LogP contribution >= 0.6 is 0 Å². The van der Waals surface area contributed by atoms with E-state index in [4.69, 9.17) is 9.15 Å². The molecule has 1 amide bonds. The van der Waals surface area contributed by atoms with Crippen molar-refractivity contribution in [2.45, 2.75) is 0 Å². The Morgan fingerprint density at radius 2 is 1.86 bits per heavy atom. The van der Waals surface area contributed by atoms with Crippen molar-refractivity contribution >= 4 is 22.6 Å². The fraction of sp³-hybridized carbons (Fsp3) is 0.0588. The number of nitrogens with one attached hydrogen (secondary N) is 1.